The third-order valence-electron chi connectivity index (χ3n) is 4.12. The number of hydrogen-bond acceptors (Lipinski definition) is 6. The minimum atomic E-state index is -0.777. The molecule has 0 N–H and O–H groups in total. The van der Waals surface area contributed by atoms with Crippen molar-refractivity contribution >= 4 is 28.8 Å². The SMILES string of the molecule is CC(=O)c1cccc2c1C(=O)c1c(ccc([N+](=O)[O-])c1C(C)=O)C2=O. The lowest BCUT2D eigenvalue weighted by Crippen LogP contribution is -2.26. The number of ketones is 4. The summed E-state index contributed by atoms with van der Waals surface area (Å²) in [6.07, 6.45) is 0. The highest BCUT2D eigenvalue weighted by atomic mass is 16.6. The molecule has 0 aliphatic heterocycles. The number of Topliss-reactive ketones (excluding diaryl/α,β-unsaturated/α-hetero) is 2. The molecule has 7 heteroatoms. The first kappa shape index (κ1) is 16.4. The molecule has 0 aromatic heterocycles. The zero-order chi connectivity index (χ0) is 18.5. The summed E-state index contributed by atoms with van der Waals surface area (Å²) in [6.45, 7) is 2.34. The van der Waals surface area contributed by atoms with Gasteiger partial charge in [0.15, 0.2) is 23.1 Å². The number of benzene rings is 2. The first-order valence-electron chi connectivity index (χ1n) is 7.31. The van der Waals surface area contributed by atoms with Crippen molar-refractivity contribution in [3.8, 4) is 0 Å². The zero-order valence-corrected chi connectivity index (χ0v) is 13.3. The zero-order valence-electron chi connectivity index (χ0n) is 13.3. The largest absolute Gasteiger partial charge is 0.294 e. The Balaban J connectivity index is 2.44. The van der Waals surface area contributed by atoms with Crippen molar-refractivity contribution in [1.82, 2.24) is 0 Å². The van der Waals surface area contributed by atoms with E-state index >= 15 is 0 Å². The smallest absolute Gasteiger partial charge is 0.280 e. The van der Waals surface area contributed by atoms with Crippen LogP contribution in [0.2, 0.25) is 0 Å². The quantitative estimate of drug-likeness (QED) is 0.413. The van der Waals surface area contributed by atoms with Crippen molar-refractivity contribution in [2.24, 2.45) is 0 Å². The van der Waals surface area contributed by atoms with E-state index in [1.165, 1.54) is 31.2 Å². The molecule has 0 bridgehead atoms. The Kier molecular flexibility index (Phi) is 3.64. The van der Waals surface area contributed by atoms with E-state index in [2.05, 4.69) is 0 Å². The maximum absolute atomic E-state index is 13.0. The summed E-state index contributed by atoms with van der Waals surface area (Å²) in [5.74, 6) is -2.40. The van der Waals surface area contributed by atoms with Crippen LogP contribution in [-0.2, 0) is 0 Å². The molecule has 3 rings (SSSR count). The fourth-order valence-corrected chi connectivity index (χ4v) is 3.07. The Bertz CT molecular complexity index is 1020. The van der Waals surface area contributed by atoms with Gasteiger partial charge in [-0.25, -0.2) is 0 Å². The average molecular weight is 337 g/mol. The Labute approximate surface area is 141 Å². The number of hydrogen-bond donors (Lipinski definition) is 0. The van der Waals surface area contributed by atoms with Crippen molar-refractivity contribution < 1.29 is 24.1 Å². The molecule has 7 nitrogen and oxygen atoms in total. The maximum atomic E-state index is 13.0. The molecule has 124 valence electrons. The summed E-state index contributed by atoms with van der Waals surface area (Å²) >= 11 is 0. The standard InChI is InChI=1S/C18H11NO6/c1-8(20)10-4-3-5-11-15(10)18(23)16-12(17(11)22)6-7-13(19(24)25)14(16)9(2)21/h3-7H,1-2H3. The third kappa shape index (κ3) is 2.28. The summed E-state index contributed by atoms with van der Waals surface area (Å²) in [6, 6.07) is 6.52. The predicted octanol–water partition coefficient (Wildman–Crippen LogP) is 2.78. The van der Waals surface area contributed by atoms with E-state index in [1.807, 2.05) is 0 Å². The molecule has 25 heavy (non-hydrogen) atoms. The molecule has 1 aliphatic carbocycles. The molecule has 0 fully saturated rings. The van der Waals surface area contributed by atoms with Gasteiger partial charge in [-0.05, 0) is 19.9 Å². The second-order valence-electron chi connectivity index (χ2n) is 5.64. The highest BCUT2D eigenvalue weighted by Gasteiger charge is 2.38. The lowest BCUT2D eigenvalue weighted by Gasteiger charge is -2.21. The van der Waals surface area contributed by atoms with E-state index in [0.717, 1.165) is 13.0 Å². The predicted molar refractivity (Wildman–Crippen MR) is 86.4 cm³/mol. The number of fused-ring (bicyclic) bond motifs is 2. The van der Waals surface area contributed by atoms with Crippen molar-refractivity contribution in [3.05, 3.63) is 73.8 Å². The molecule has 0 saturated carbocycles. The van der Waals surface area contributed by atoms with Gasteiger partial charge in [0.1, 0.15) is 5.56 Å². The number of nitro groups is 1. The van der Waals surface area contributed by atoms with Crippen LogP contribution >= 0.6 is 0 Å². The topological polar surface area (TPSA) is 111 Å². The summed E-state index contributed by atoms with van der Waals surface area (Å²) in [7, 11) is 0. The van der Waals surface area contributed by atoms with Gasteiger partial charge >= 0.3 is 0 Å². The van der Waals surface area contributed by atoms with Crippen LogP contribution in [-0.4, -0.2) is 28.1 Å². The van der Waals surface area contributed by atoms with E-state index in [9.17, 15) is 29.3 Å². The van der Waals surface area contributed by atoms with Gasteiger partial charge in [0.25, 0.3) is 5.69 Å². The van der Waals surface area contributed by atoms with E-state index in [0.29, 0.717) is 0 Å². The van der Waals surface area contributed by atoms with Gasteiger partial charge in [-0.2, -0.15) is 0 Å². The molecule has 2 aromatic carbocycles. The molecule has 0 radical (unpaired) electrons. The summed E-state index contributed by atoms with van der Waals surface area (Å²) in [5.41, 5.74) is -1.37. The van der Waals surface area contributed by atoms with Crippen LogP contribution in [0.1, 0.15) is 66.4 Å². The Morgan fingerprint density at radius 2 is 1.52 bits per heavy atom. The average Bonchev–Trinajstić information content (AvgIpc) is 2.57. The van der Waals surface area contributed by atoms with Crippen molar-refractivity contribution in [1.29, 1.82) is 0 Å². The highest BCUT2D eigenvalue weighted by molar-refractivity contribution is 6.33. The van der Waals surface area contributed by atoms with Gasteiger partial charge in [0.05, 0.1) is 10.5 Å². The number of carbonyl (C=O) groups is 4. The van der Waals surface area contributed by atoms with Crippen LogP contribution in [0.4, 0.5) is 5.69 Å². The van der Waals surface area contributed by atoms with Gasteiger partial charge < -0.3 is 0 Å². The molecule has 0 saturated heterocycles. The van der Waals surface area contributed by atoms with E-state index in [1.54, 1.807) is 0 Å². The molecule has 1 aliphatic rings. The first-order valence-corrected chi connectivity index (χ1v) is 7.31. The molecule has 0 spiro atoms. The summed E-state index contributed by atoms with van der Waals surface area (Å²) in [4.78, 5) is 60.0. The molecular weight excluding hydrogens is 326 g/mol. The number of carbonyl (C=O) groups excluding carboxylic acids is 4. The van der Waals surface area contributed by atoms with Crippen molar-refractivity contribution in [2.45, 2.75) is 13.8 Å². The van der Waals surface area contributed by atoms with Gasteiger partial charge in [-0.3, -0.25) is 29.3 Å². The fourth-order valence-electron chi connectivity index (χ4n) is 3.07. The van der Waals surface area contributed by atoms with Gasteiger partial charge in [-0.1, -0.05) is 18.2 Å². The lowest BCUT2D eigenvalue weighted by molar-refractivity contribution is -0.385. The minimum Gasteiger partial charge on any atom is -0.294 e. The molecule has 0 atom stereocenters. The minimum absolute atomic E-state index is 0.0440. The van der Waals surface area contributed by atoms with Crippen molar-refractivity contribution in [3.63, 3.8) is 0 Å². The van der Waals surface area contributed by atoms with Crippen LogP contribution < -0.4 is 0 Å². The second kappa shape index (κ2) is 5.55. The fraction of sp³-hybridized carbons (Fsp3) is 0.111. The molecular formula is C18H11NO6. The number of rotatable bonds is 3. The number of nitro benzene ring substituents is 1. The third-order valence-corrected chi connectivity index (χ3v) is 4.12. The normalized spacial score (nSPS) is 12.4. The van der Waals surface area contributed by atoms with E-state index in [4.69, 9.17) is 0 Å². The monoisotopic (exact) mass is 337 g/mol. The molecule has 0 amide bonds. The molecule has 2 aromatic rings. The van der Waals surface area contributed by atoms with Gasteiger partial charge in [-0.15, -0.1) is 0 Å². The number of nitrogens with zero attached hydrogens (tertiary/aromatic N) is 1. The van der Waals surface area contributed by atoms with Crippen LogP contribution in [0.25, 0.3) is 0 Å². The van der Waals surface area contributed by atoms with Crippen LogP contribution in [0.5, 0.6) is 0 Å². The lowest BCUT2D eigenvalue weighted by atomic mass is 9.78. The molecule has 0 unspecified atom stereocenters. The Morgan fingerprint density at radius 1 is 0.880 bits per heavy atom. The van der Waals surface area contributed by atoms with Gasteiger partial charge in [0.2, 0.25) is 0 Å². The molecule has 0 heterocycles. The van der Waals surface area contributed by atoms with E-state index < -0.39 is 39.3 Å². The van der Waals surface area contributed by atoms with Crippen LogP contribution in [0.15, 0.2) is 30.3 Å². The van der Waals surface area contributed by atoms with Gasteiger partial charge in [0, 0.05) is 28.3 Å². The highest BCUT2D eigenvalue weighted by Crippen LogP contribution is 2.35. The van der Waals surface area contributed by atoms with E-state index in [-0.39, 0.29) is 27.8 Å². The van der Waals surface area contributed by atoms with Crippen molar-refractivity contribution in [2.75, 3.05) is 0 Å². The Hall–Kier alpha value is -3.48. The summed E-state index contributed by atoms with van der Waals surface area (Å²) in [5, 5.41) is 11.2. The maximum Gasteiger partial charge on any atom is 0.280 e. The first-order chi connectivity index (χ1) is 11.8. The Morgan fingerprint density at radius 3 is 2.08 bits per heavy atom. The second-order valence-corrected chi connectivity index (χ2v) is 5.64. The van der Waals surface area contributed by atoms with Crippen LogP contribution in [0, 0.1) is 10.1 Å². The van der Waals surface area contributed by atoms with Crippen LogP contribution in [0.3, 0.4) is 0 Å². The summed E-state index contributed by atoms with van der Waals surface area (Å²) < 4.78 is 0.